The maximum absolute atomic E-state index is 12.6. The first-order chi connectivity index (χ1) is 14.9. The molecule has 3 aromatic rings. The van der Waals surface area contributed by atoms with Gasteiger partial charge in [0.25, 0.3) is 5.56 Å². The minimum absolute atomic E-state index is 0.274. The molecule has 1 amide bonds. The molecule has 1 atom stereocenters. The van der Waals surface area contributed by atoms with Crippen molar-refractivity contribution in [1.82, 2.24) is 14.9 Å². The van der Waals surface area contributed by atoms with E-state index in [0.29, 0.717) is 28.3 Å². The number of benzene rings is 2. The van der Waals surface area contributed by atoms with Crippen molar-refractivity contribution >= 4 is 16.8 Å². The summed E-state index contributed by atoms with van der Waals surface area (Å²) in [6.07, 6.45) is 0. The first kappa shape index (κ1) is 21.4. The molecule has 31 heavy (non-hydrogen) atoms. The summed E-state index contributed by atoms with van der Waals surface area (Å²) in [4.78, 5) is 40.0. The van der Waals surface area contributed by atoms with Gasteiger partial charge in [0.2, 0.25) is 11.7 Å². The molecule has 0 aliphatic rings. The third-order valence-corrected chi connectivity index (χ3v) is 4.65. The van der Waals surface area contributed by atoms with Crippen molar-refractivity contribution in [3.63, 3.8) is 0 Å². The van der Waals surface area contributed by atoms with E-state index in [2.05, 4.69) is 10.3 Å². The van der Waals surface area contributed by atoms with E-state index in [0.717, 1.165) is 4.57 Å². The second-order valence-electron chi connectivity index (χ2n) is 6.46. The number of aromatic amines is 1. The molecule has 0 radical (unpaired) electrons. The molecule has 0 saturated carbocycles. The van der Waals surface area contributed by atoms with E-state index in [1.807, 2.05) is 6.07 Å². The molecule has 0 spiro atoms. The smallest absolute Gasteiger partial charge is 0.329 e. The average Bonchev–Trinajstić information content (AvgIpc) is 2.79. The van der Waals surface area contributed by atoms with E-state index in [1.54, 1.807) is 24.3 Å². The Labute approximate surface area is 176 Å². The average molecular weight is 424 g/mol. The normalized spacial score (nSPS) is 11.4. The molecule has 1 aromatic heterocycles. The molecule has 2 aromatic carbocycles. The number of carbonyl (C=O) groups is 1. The van der Waals surface area contributed by atoms with Crippen molar-refractivity contribution in [3.05, 3.63) is 62.8 Å². The Morgan fingerprint density at radius 1 is 1.13 bits per heavy atom. The Balaban J connectivity index is 1.90. The zero-order valence-corrected chi connectivity index (χ0v) is 17.1. The second-order valence-corrected chi connectivity index (χ2v) is 6.46. The molecule has 1 heterocycles. The summed E-state index contributed by atoms with van der Waals surface area (Å²) >= 11 is 0. The largest absolute Gasteiger partial charge is 0.493 e. The lowest BCUT2D eigenvalue weighted by Gasteiger charge is -2.17. The highest BCUT2D eigenvalue weighted by Gasteiger charge is 2.21. The number of ether oxygens (including phenoxy) is 3. The molecule has 1 unspecified atom stereocenters. The molecule has 0 bridgehead atoms. The number of H-pyrrole nitrogens is 1. The van der Waals surface area contributed by atoms with Crippen molar-refractivity contribution in [1.29, 1.82) is 5.26 Å². The Kier molecular flexibility index (Phi) is 6.26. The van der Waals surface area contributed by atoms with Gasteiger partial charge in [0, 0.05) is 0 Å². The number of nitrogens with zero attached hydrogens (tertiary/aromatic N) is 2. The fraction of sp³-hybridized carbons (Fsp3) is 0.238. The predicted octanol–water partition coefficient (Wildman–Crippen LogP) is 1.10. The number of hydrogen-bond donors (Lipinski definition) is 2. The van der Waals surface area contributed by atoms with Crippen LogP contribution in [0, 0.1) is 11.3 Å². The highest BCUT2D eigenvalue weighted by atomic mass is 16.5. The Hall–Kier alpha value is -4.26. The zero-order valence-electron chi connectivity index (χ0n) is 17.1. The van der Waals surface area contributed by atoms with Crippen LogP contribution in [0.5, 0.6) is 17.2 Å². The number of nitrogens with one attached hydrogen (secondary N) is 2. The van der Waals surface area contributed by atoms with E-state index >= 15 is 0 Å². The second kappa shape index (κ2) is 9.04. The molecule has 10 heteroatoms. The SMILES string of the molecule is COc1cc(C(C#N)NC(=O)Cn2c(=O)[nH]c3ccccc3c2=O)cc(OC)c1OC. The lowest BCUT2D eigenvalue weighted by atomic mass is 10.1. The number of hydrogen-bond acceptors (Lipinski definition) is 7. The molecule has 0 aliphatic carbocycles. The third kappa shape index (κ3) is 4.20. The van der Waals surface area contributed by atoms with Crippen LogP contribution in [0.15, 0.2) is 46.0 Å². The van der Waals surface area contributed by atoms with Gasteiger partial charge in [-0.25, -0.2) is 4.79 Å². The van der Waals surface area contributed by atoms with Gasteiger partial charge in [-0.05, 0) is 29.8 Å². The molecule has 0 aliphatic heterocycles. The Morgan fingerprint density at radius 3 is 2.35 bits per heavy atom. The lowest BCUT2D eigenvalue weighted by Crippen LogP contribution is -2.41. The quantitative estimate of drug-likeness (QED) is 0.580. The summed E-state index contributed by atoms with van der Waals surface area (Å²) in [6, 6.07) is 10.4. The molecule has 2 N–H and O–H groups in total. The van der Waals surface area contributed by atoms with E-state index in [9.17, 15) is 19.6 Å². The van der Waals surface area contributed by atoms with Crippen LogP contribution in [0.4, 0.5) is 0 Å². The number of fused-ring (bicyclic) bond motifs is 1. The van der Waals surface area contributed by atoms with Gasteiger partial charge in [0.05, 0.1) is 38.3 Å². The summed E-state index contributed by atoms with van der Waals surface area (Å²) in [7, 11) is 4.31. The number of amides is 1. The van der Waals surface area contributed by atoms with Crippen LogP contribution < -0.4 is 30.8 Å². The highest BCUT2D eigenvalue weighted by Crippen LogP contribution is 2.39. The maximum Gasteiger partial charge on any atom is 0.329 e. The number of methoxy groups -OCH3 is 3. The molecular formula is C21H20N4O6. The van der Waals surface area contributed by atoms with E-state index in [1.165, 1.54) is 33.5 Å². The topological polar surface area (TPSA) is 135 Å². The summed E-state index contributed by atoms with van der Waals surface area (Å²) < 4.78 is 16.6. The fourth-order valence-corrected chi connectivity index (χ4v) is 3.15. The molecule has 0 saturated heterocycles. The van der Waals surface area contributed by atoms with Crippen LogP contribution in [0.3, 0.4) is 0 Å². The zero-order chi connectivity index (χ0) is 22.5. The van der Waals surface area contributed by atoms with Crippen molar-refractivity contribution < 1.29 is 19.0 Å². The predicted molar refractivity (Wildman–Crippen MR) is 111 cm³/mol. The lowest BCUT2D eigenvalue weighted by molar-refractivity contribution is -0.122. The van der Waals surface area contributed by atoms with E-state index < -0.39 is 29.7 Å². The van der Waals surface area contributed by atoms with Crippen LogP contribution in [-0.4, -0.2) is 36.8 Å². The van der Waals surface area contributed by atoms with Crippen molar-refractivity contribution in [3.8, 4) is 23.3 Å². The molecule has 10 nitrogen and oxygen atoms in total. The van der Waals surface area contributed by atoms with E-state index in [4.69, 9.17) is 14.2 Å². The number of rotatable bonds is 7. The first-order valence-electron chi connectivity index (χ1n) is 9.14. The number of carbonyl (C=O) groups excluding carboxylic acids is 1. The van der Waals surface area contributed by atoms with Crippen molar-refractivity contribution in [2.45, 2.75) is 12.6 Å². The minimum Gasteiger partial charge on any atom is -0.493 e. The Bertz CT molecular complexity index is 1260. The molecule has 160 valence electrons. The van der Waals surface area contributed by atoms with Gasteiger partial charge >= 0.3 is 5.69 Å². The van der Waals surface area contributed by atoms with Crippen LogP contribution in [0.2, 0.25) is 0 Å². The number of para-hydroxylation sites is 1. The van der Waals surface area contributed by atoms with Gasteiger partial charge in [-0.2, -0.15) is 5.26 Å². The van der Waals surface area contributed by atoms with Gasteiger partial charge in [0.1, 0.15) is 12.6 Å². The van der Waals surface area contributed by atoms with E-state index in [-0.39, 0.29) is 5.39 Å². The molecular weight excluding hydrogens is 404 g/mol. The first-order valence-corrected chi connectivity index (χ1v) is 9.14. The summed E-state index contributed by atoms with van der Waals surface area (Å²) in [5, 5.41) is 12.4. The number of aromatic nitrogens is 2. The van der Waals surface area contributed by atoms with Gasteiger partial charge in [-0.1, -0.05) is 12.1 Å². The van der Waals surface area contributed by atoms with Crippen molar-refractivity contribution in [2.75, 3.05) is 21.3 Å². The fourth-order valence-electron chi connectivity index (χ4n) is 3.15. The summed E-state index contributed by atoms with van der Waals surface area (Å²) in [5.41, 5.74) is -0.567. The van der Waals surface area contributed by atoms with Crippen LogP contribution in [0.25, 0.3) is 10.9 Å². The van der Waals surface area contributed by atoms with Crippen LogP contribution >= 0.6 is 0 Å². The maximum atomic E-state index is 12.6. The van der Waals surface area contributed by atoms with Gasteiger partial charge < -0.3 is 24.5 Å². The summed E-state index contributed by atoms with van der Waals surface area (Å²) in [6.45, 7) is -0.554. The van der Waals surface area contributed by atoms with Gasteiger partial charge in [0.15, 0.2) is 11.5 Å². The third-order valence-electron chi connectivity index (χ3n) is 4.65. The highest BCUT2D eigenvalue weighted by molar-refractivity contribution is 5.79. The van der Waals surface area contributed by atoms with Crippen molar-refractivity contribution in [2.24, 2.45) is 0 Å². The summed E-state index contributed by atoms with van der Waals surface area (Å²) in [5.74, 6) is 0.274. The van der Waals surface area contributed by atoms with Crippen LogP contribution in [-0.2, 0) is 11.3 Å². The van der Waals surface area contributed by atoms with Gasteiger partial charge in [-0.3, -0.25) is 14.2 Å². The number of nitriles is 1. The monoisotopic (exact) mass is 424 g/mol. The van der Waals surface area contributed by atoms with Gasteiger partial charge in [-0.15, -0.1) is 0 Å². The Morgan fingerprint density at radius 2 is 1.77 bits per heavy atom. The molecule has 0 fully saturated rings. The van der Waals surface area contributed by atoms with Crippen LogP contribution in [0.1, 0.15) is 11.6 Å². The minimum atomic E-state index is -1.09. The molecule has 3 rings (SSSR count). The standard InChI is InChI=1S/C21H20N4O6/c1-29-16-8-12(9-17(30-2)19(16)31-3)15(10-22)23-18(26)11-25-20(27)13-6-4-5-7-14(13)24-21(25)28/h4-9,15H,11H2,1-3H3,(H,23,26)(H,24,28).